The van der Waals surface area contributed by atoms with Crippen LogP contribution in [0.4, 0.5) is 4.79 Å². The largest absolute Gasteiger partial charge is 0.467 e. The Labute approximate surface area is 301 Å². The lowest BCUT2D eigenvalue weighted by Crippen LogP contribution is -2.32. The number of carbonyl (C=O) groups excluding carboxylic acids is 2. The van der Waals surface area contributed by atoms with Crippen molar-refractivity contribution in [2.75, 3.05) is 146 Å². The van der Waals surface area contributed by atoms with Gasteiger partial charge >= 0.3 is 12.1 Å². The number of carbonyl (C=O) groups is 2. The van der Waals surface area contributed by atoms with Gasteiger partial charge in [0.05, 0.1) is 119 Å². The van der Waals surface area contributed by atoms with Gasteiger partial charge in [-0.3, -0.25) is 0 Å². The average molecular weight is 722 g/mol. The van der Waals surface area contributed by atoms with Crippen LogP contribution in [-0.2, 0) is 56.9 Å². The van der Waals surface area contributed by atoms with Gasteiger partial charge in [0.25, 0.3) is 0 Å². The average Bonchev–Trinajstić information content (AvgIpc) is 3.48. The number of rotatable bonds is 31. The molecule has 0 N–H and O–H groups in total. The van der Waals surface area contributed by atoms with Crippen molar-refractivity contribution in [2.24, 2.45) is 0 Å². The van der Waals surface area contributed by atoms with Crippen molar-refractivity contribution in [2.45, 2.75) is 5.92 Å². The minimum absolute atomic E-state index is 0.0359. The summed E-state index contributed by atoms with van der Waals surface area (Å²) in [5.74, 6) is -0.376. The highest BCUT2D eigenvalue weighted by Gasteiger charge is 2.29. The summed E-state index contributed by atoms with van der Waals surface area (Å²) in [6, 6.07) is 16.6. The zero-order valence-corrected chi connectivity index (χ0v) is 30.1. The Morgan fingerprint density at radius 1 is 0.529 bits per heavy atom. The Balaban J connectivity index is 1.000. The number of benzene rings is 2. The van der Waals surface area contributed by atoms with Gasteiger partial charge in [0.15, 0.2) is 0 Å². The van der Waals surface area contributed by atoms with Crippen molar-refractivity contribution >= 4 is 12.1 Å². The highest BCUT2D eigenvalue weighted by molar-refractivity contribution is 5.79. The van der Waals surface area contributed by atoms with Crippen molar-refractivity contribution < 1.29 is 61.7 Å². The smallest absolute Gasteiger partial charge is 0.409 e. The molecule has 0 spiro atoms. The van der Waals surface area contributed by atoms with E-state index >= 15 is 0 Å². The Morgan fingerprint density at radius 2 is 0.882 bits per heavy atom. The lowest BCUT2D eigenvalue weighted by molar-refractivity contribution is -0.146. The van der Waals surface area contributed by atoms with E-state index in [1.165, 1.54) is 34.3 Å². The molecule has 286 valence electrons. The molecule has 0 radical (unpaired) electrons. The second kappa shape index (κ2) is 27.5. The molecule has 0 saturated carbocycles. The number of fused-ring (bicyclic) bond motifs is 3. The molecule has 0 fully saturated rings. The number of hydrogen-bond acceptors (Lipinski definition) is 13. The number of nitrogens with zero attached hydrogens (tertiary/aromatic N) is 1. The van der Waals surface area contributed by atoms with Gasteiger partial charge in [-0.25, -0.2) is 9.59 Å². The van der Waals surface area contributed by atoms with Crippen molar-refractivity contribution in [3.8, 4) is 11.1 Å². The van der Waals surface area contributed by atoms with Crippen LogP contribution in [0, 0.1) is 0 Å². The van der Waals surface area contributed by atoms with E-state index in [2.05, 4.69) is 29.0 Å². The number of hydrogen-bond donors (Lipinski definition) is 0. The fourth-order valence-electron chi connectivity index (χ4n) is 4.97. The van der Waals surface area contributed by atoms with Crippen LogP contribution in [0.2, 0.25) is 0 Å². The maximum absolute atomic E-state index is 12.6. The fraction of sp³-hybridized carbons (Fsp3) is 0.622. The van der Waals surface area contributed by atoms with Crippen molar-refractivity contribution in [1.29, 1.82) is 0 Å². The minimum atomic E-state index is -0.412. The second-order valence-electron chi connectivity index (χ2n) is 11.3. The first-order valence-corrected chi connectivity index (χ1v) is 17.4. The van der Waals surface area contributed by atoms with Crippen LogP contribution in [-0.4, -0.2) is 163 Å². The Morgan fingerprint density at radius 3 is 1.27 bits per heavy atom. The first kappa shape index (κ1) is 42.2. The molecule has 2 aromatic carbocycles. The van der Waals surface area contributed by atoms with E-state index in [1.54, 1.807) is 7.05 Å². The third kappa shape index (κ3) is 17.7. The fourth-order valence-corrected chi connectivity index (χ4v) is 4.97. The van der Waals surface area contributed by atoms with Gasteiger partial charge < -0.3 is 57.0 Å². The van der Waals surface area contributed by atoms with Crippen molar-refractivity contribution in [3.63, 3.8) is 0 Å². The summed E-state index contributed by atoms with van der Waals surface area (Å²) in [6.45, 7) is 8.21. The number of methoxy groups -OCH3 is 1. The summed E-state index contributed by atoms with van der Waals surface area (Å²) in [5, 5.41) is 0. The Bertz CT molecular complexity index is 1170. The molecule has 1 aliphatic rings. The number of ether oxygens (including phenoxy) is 11. The summed E-state index contributed by atoms with van der Waals surface area (Å²) in [4.78, 5) is 25.0. The van der Waals surface area contributed by atoms with Crippen molar-refractivity contribution in [3.05, 3.63) is 59.7 Å². The maximum Gasteiger partial charge on any atom is 0.409 e. The third-order valence-corrected chi connectivity index (χ3v) is 7.64. The molecule has 0 aliphatic heterocycles. The van der Waals surface area contributed by atoms with Crippen molar-refractivity contribution in [1.82, 2.24) is 4.90 Å². The Kier molecular flexibility index (Phi) is 22.7. The van der Waals surface area contributed by atoms with Gasteiger partial charge in [-0.2, -0.15) is 0 Å². The molecule has 0 heterocycles. The number of likely N-dealkylation sites (N-methyl/N-ethyl adjacent to an activating group) is 1. The molecule has 0 saturated heterocycles. The molecule has 14 nitrogen and oxygen atoms in total. The minimum Gasteiger partial charge on any atom is -0.467 e. The maximum atomic E-state index is 12.6. The molecule has 1 amide bonds. The molecule has 1 aliphatic carbocycles. The van der Waals surface area contributed by atoms with E-state index in [1.807, 2.05) is 24.3 Å². The normalized spacial score (nSPS) is 12.1. The number of esters is 1. The lowest BCUT2D eigenvalue weighted by atomic mass is 9.98. The predicted octanol–water partition coefficient (Wildman–Crippen LogP) is 3.19. The topological polar surface area (TPSA) is 139 Å². The summed E-state index contributed by atoms with van der Waals surface area (Å²) in [6.07, 6.45) is -0.368. The molecule has 2 aromatic rings. The number of amides is 1. The van der Waals surface area contributed by atoms with Gasteiger partial charge in [0.2, 0.25) is 0 Å². The van der Waals surface area contributed by atoms with Crippen LogP contribution in [0.25, 0.3) is 11.1 Å². The van der Waals surface area contributed by atoms with Crippen LogP contribution in [0.15, 0.2) is 48.5 Å². The quantitative estimate of drug-likeness (QED) is 0.0833. The van der Waals surface area contributed by atoms with Crippen LogP contribution in [0.1, 0.15) is 17.0 Å². The SMILES string of the molecule is COC(=O)COCCOCCOCCOCCOCCOCCOCCOCCOCCN(C)C(=O)OCC1c2ccccc2-c2ccccc21. The van der Waals surface area contributed by atoms with E-state index < -0.39 is 5.97 Å². The Hall–Kier alpha value is -3.18. The molecular formula is C37H55NO13. The van der Waals surface area contributed by atoms with E-state index in [0.29, 0.717) is 125 Å². The monoisotopic (exact) mass is 721 g/mol. The molecular weight excluding hydrogens is 666 g/mol. The highest BCUT2D eigenvalue weighted by Crippen LogP contribution is 2.44. The standard InChI is InChI=1S/C37H55NO13/c1-38(37(40)51-29-35-33-9-5-3-7-31(33)32-8-4-6-10-34(32)35)11-12-42-13-14-43-15-16-44-17-18-45-19-20-46-21-22-47-23-24-48-25-26-49-27-28-50-30-36(39)41-2/h3-10,35H,11-30H2,1-2H3. The first-order chi connectivity index (χ1) is 25.1. The molecule has 0 aromatic heterocycles. The molecule has 0 bridgehead atoms. The van der Waals surface area contributed by atoms with E-state index in [0.717, 1.165) is 0 Å². The molecule has 51 heavy (non-hydrogen) atoms. The van der Waals surface area contributed by atoms with E-state index in [9.17, 15) is 9.59 Å². The van der Waals surface area contributed by atoms with Crippen LogP contribution >= 0.6 is 0 Å². The molecule has 3 rings (SSSR count). The predicted molar refractivity (Wildman–Crippen MR) is 187 cm³/mol. The summed E-state index contributed by atoms with van der Waals surface area (Å²) >= 11 is 0. The van der Waals surface area contributed by atoms with Crippen LogP contribution in [0.3, 0.4) is 0 Å². The first-order valence-electron chi connectivity index (χ1n) is 17.4. The summed E-state index contributed by atoms with van der Waals surface area (Å²) in [5.41, 5.74) is 4.78. The van der Waals surface area contributed by atoms with Gasteiger partial charge in [-0.1, -0.05) is 48.5 Å². The molecule has 14 heteroatoms. The van der Waals surface area contributed by atoms with Crippen LogP contribution in [0.5, 0.6) is 0 Å². The van der Waals surface area contributed by atoms with Gasteiger partial charge in [0.1, 0.15) is 13.2 Å². The van der Waals surface area contributed by atoms with Crippen LogP contribution < -0.4 is 0 Å². The summed E-state index contributed by atoms with van der Waals surface area (Å²) in [7, 11) is 3.02. The lowest BCUT2D eigenvalue weighted by Gasteiger charge is -2.19. The van der Waals surface area contributed by atoms with E-state index in [4.69, 9.17) is 47.4 Å². The highest BCUT2D eigenvalue weighted by atomic mass is 16.6. The van der Waals surface area contributed by atoms with Gasteiger partial charge in [0, 0.05) is 19.5 Å². The molecule has 0 unspecified atom stereocenters. The van der Waals surface area contributed by atoms with Gasteiger partial charge in [-0.05, 0) is 22.3 Å². The molecule has 0 atom stereocenters. The summed E-state index contributed by atoms with van der Waals surface area (Å²) < 4.78 is 59.0. The van der Waals surface area contributed by atoms with E-state index in [-0.39, 0.29) is 18.6 Å². The zero-order valence-electron chi connectivity index (χ0n) is 30.1. The third-order valence-electron chi connectivity index (χ3n) is 7.64. The van der Waals surface area contributed by atoms with Gasteiger partial charge in [-0.15, -0.1) is 0 Å². The second-order valence-corrected chi connectivity index (χ2v) is 11.3. The zero-order chi connectivity index (χ0) is 36.2.